The lowest BCUT2D eigenvalue weighted by molar-refractivity contribution is 0.357. The lowest BCUT2D eigenvalue weighted by atomic mass is 10.0. The second kappa shape index (κ2) is 5.02. The summed E-state index contributed by atoms with van der Waals surface area (Å²) in [6.45, 7) is 15.5. The van der Waals surface area contributed by atoms with Crippen LogP contribution in [0.15, 0.2) is 23.7 Å². The van der Waals surface area contributed by atoms with Crippen molar-refractivity contribution in [2.45, 2.75) is 52.6 Å². The Labute approximate surface area is 108 Å². The third-order valence-electron chi connectivity index (χ3n) is 2.14. The maximum absolute atomic E-state index is 6.09. The number of allylic oxidation sites excluding steroid dienone is 3. The van der Waals surface area contributed by atoms with Gasteiger partial charge in [-0.2, -0.15) is 0 Å². The van der Waals surface area contributed by atoms with Gasteiger partial charge in [-0.1, -0.05) is 6.92 Å². The Morgan fingerprint density at radius 1 is 1.00 bits per heavy atom. The first-order valence-corrected chi connectivity index (χ1v) is 13.2. The highest BCUT2D eigenvalue weighted by atomic mass is 28.4. The quantitative estimate of drug-likeness (QED) is 0.700. The fraction of sp³-hybridized carbons (Fsp3) is 0.692. The molecular formula is C13H26O2Si2. The SMILES string of the molecule is CC1C=C(O[Si](C)(C)C)C=C(O[Si](C)(C)C)C1. The van der Waals surface area contributed by atoms with Crippen molar-refractivity contribution in [3.05, 3.63) is 23.7 Å². The molecule has 1 atom stereocenters. The topological polar surface area (TPSA) is 18.5 Å². The van der Waals surface area contributed by atoms with Crippen LogP contribution in [-0.4, -0.2) is 16.6 Å². The molecule has 0 N–H and O–H groups in total. The molecule has 0 aromatic carbocycles. The van der Waals surface area contributed by atoms with Gasteiger partial charge in [0.05, 0.1) is 5.76 Å². The van der Waals surface area contributed by atoms with Gasteiger partial charge in [0.15, 0.2) is 0 Å². The van der Waals surface area contributed by atoms with Gasteiger partial charge < -0.3 is 8.85 Å². The van der Waals surface area contributed by atoms with Crippen molar-refractivity contribution in [3.8, 4) is 0 Å². The van der Waals surface area contributed by atoms with E-state index in [1.807, 2.05) is 0 Å². The van der Waals surface area contributed by atoms with Gasteiger partial charge in [-0.3, -0.25) is 0 Å². The van der Waals surface area contributed by atoms with Crippen molar-refractivity contribution in [1.29, 1.82) is 0 Å². The van der Waals surface area contributed by atoms with Gasteiger partial charge in [-0.15, -0.1) is 0 Å². The molecule has 1 aliphatic rings. The van der Waals surface area contributed by atoms with E-state index >= 15 is 0 Å². The molecule has 2 nitrogen and oxygen atoms in total. The lowest BCUT2D eigenvalue weighted by Crippen LogP contribution is -2.28. The molecule has 0 aromatic rings. The van der Waals surface area contributed by atoms with Crippen LogP contribution in [0, 0.1) is 5.92 Å². The van der Waals surface area contributed by atoms with Crippen LogP contribution in [0.1, 0.15) is 13.3 Å². The zero-order valence-electron chi connectivity index (χ0n) is 12.3. The molecule has 4 heteroatoms. The molecule has 0 bridgehead atoms. The molecule has 17 heavy (non-hydrogen) atoms. The van der Waals surface area contributed by atoms with Crippen LogP contribution in [0.5, 0.6) is 0 Å². The first kappa shape index (κ1) is 14.6. The van der Waals surface area contributed by atoms with Crippen molar-refractivity contribution < 1.29 is 8.85 Å². The molecule has 0 saturated carbocycles. The number of hydrogen-bond donors (Lipinski definition) is 0. The minimum absolute atomic E-state index is 0.512. The van der Waals surface area contributed by atoms with Crippen molar-refractivity contribution in [2.24, 2.45) is 5.92 Å². The van der Waals surface area contributed by atoms with Gasteiger partial charge in [0, 0.05) is 12.5 Å². The third-order valence-corrected chi connectivity index (χ3v) is 3.86. The zero-order chi connectivity index (χ0) is 13.3. The van der Waals surface area contributed by atoms with Gasteiger partial charge in [-0.25, -0.2) is 0 Å². The summed E-state index contributed by atoms with van der Waals surface area (Å²) >= 11 is 0. The van der Waals surface area contributed by atoms with Crippen molar-refractivity contribution in [2.75, 3.05) is 0 Å². The Morgan fingerprint density at radius 2 is 1.53 bits per heavy atom. The summed E-state index contributed by atoms with van der Waals surface area (Å²) in [5.74, 6) is 2.63. The van der Waals surface area contributed by atoms with Crippen LogP contribution in [0.4, 0.5) is 0 Å². The van der Waals surface area contributed by atoms with Gasteiger partial charge in [0.2, 0.25) is 16.6 Å². The normalized spacial score (nSPS) is 21.7. The molecule has 1 aliphatic carbocycles. The summed E-state index contributed by atoms with van der Waals surface area (Å²) in [7, 11) is -3.02. The second-order valence-corrected chi connectivity index (χ2v) is 15.6. The van der Waals surface area contributed by atoms with E-state index in [9.17, 15) is 0 Å². The van der Waals surface area contributed by atoms with Crippen molar-refractivity contribution in [3.63, 3.8) is 0 Å². The van der Waals surface area contributed by atoms with E-state index in [0.717, 1.165) is 17.9 Å². The molecule has 1 unspecified atom stereocenters. The Morgan fingerprint density at radius 3 is 2.00 bits per heavy atom. The van der Waals surface area contributed by atoms with E-state index in [2.05, 4.69) is 58.4 Å². The average molecular weight is 271 g/mol. The van der Waals surface area contributed by atoms with Crippen LogP contribution in [0.3, 0.4) is 0 Å². The van der Waals surface area contributed by atoms with Gasteiger partial charge in [0.1, 0.15) is 5.76 Å². The predicted molar refractivity (Wildman–Crippen MR) is 78.8 cm³/mol. The molecule has 0 aromatic heterocycles. The molecule has 98 valence electrons. The molecule has 1 rings (SSSR count). The van der Waals surface area contributed by atoms with Crippen LogP contribution >= 0.6 is 0 Å². The summed E-state index contributed by atoms with van der Waals surface area (Å²) in [5.41, 5.74) is 0. The van der Waals surface area contributed by atoms with Gasteiger partial charge in [0.25, 0.3) is 0 Å². The molecule has 0 saturated heterocycles. The highest BCUT2D eigenvalue weighted by molar-refractivity contribution is 6.70. The molecule has 0 amide bonds. The van der Waals surface area contributed by atoms with Crippen molar-refractivity contribution >= 4 is 16.6 Å². The molecule has 0 spiro atoms. The molecule has 0 heterocycles. The monoisotopic (exact) mass is 270 g/mol. The zero-order valence-corrected chi connectivity index (χ0v) is 14.3. The van der Waals surface area contributed by atoms with E-state index in [1.165, 1.54) is 0 Å². The highest BCUT2D eigenvalue weighted by Gasteiger charge is 2.23. The average Bonchev–Trinajstić information content (AvgIpc) is 1.93. The predicted octanol–water partition coefficient (Wildman–Crippen LogP) is 4.50. The fourth-order valence-electron chi connectivity index (χ4n) is 1.80. The summed E-state index contributed by atoms with van der Waals surface area (Å²) in [4.78, 5) is 0. The Bertz CT molecular complexity index is 332. The van der Waals surface area contributed by atoms with Crippen molar-refractivity contribution in [1.82, 2.24) is 0 Å². The Kier molecular flexibility index (Phi) is 4.30. The van der Waals surface area contributed by atoms with E-state index in [4.69, 9.17) is 8.85 Å². The van der Waals surface area contributed by atoms with E-state index in [-0.39, 0.29) is 0 Å². The summed E-state index contributed by atoms with van der Waals surface area (Å²) < 4.78 is 12.1. The molecule has 0 fully saturated rings. The minimum Gasteiger partial charge on any atom is -0.547 e. The second-order valence-electron chi connectivity index (χ2n) is 6.79. The smallest absolute Gasteiger partial charge is 0.242 e. The Balaban J connectivity index is 2.78. The summed E-state index contributed by atoms with van der Waals surface area (Å²) in [5, 5.41) is 0. The van der Waals surface area contributed by atoms with Crippen LogP contribution < -0.4 is 0 Å². The maximum Gasteiger partial charge on any atom is 0.242 e. The van der Waals surface area contributed by atoms with E-state index in [0.29, 0.717) is 5.92 Å². The first-order valence-electron chi connectivity index (χ1n) is 6.36. The summed E-state index contributed by atoms with van der Waals surface area (Å²) in [6, 6.07) is 0. The first-order chi connectivity index (χ1) is 7.55. The van der Waals surface area contributed by atoms with E-state index < -0.39 is 16.6 Å². The van der Waals surface area contributed by atoms with Crippen LogP contribution in [-0.2, 0) is 8.85 Å². The number of hydrogen-bond acceptors (Lipinski definition) is 2. The fourth-order valence-corrected chi connectivity index (χ4v) is 3.57. The van der Waals surface area contributed by atoms with Gasteiger partial charge >= 0.3 is 0 Å². The molecule has 0 aliphatic heterocycles. The largest absolute Gasteiger partial charge is 0.547 e. The lowest BCUT2D eigenvalue weighted by Gasteiger charge is -2.28. The van der Waals surface area contributed by atoms with Crippen LogP contribution in [0.2, 0.25) is 39.3 Å². The third kappa shape index (κ3) is 6.12. The standard InChI is InChI=1S/C13H26O2Si2/c1-11-8-12(14-16(2,3)4)10-13(9-11)15-17(5,6)7/h8,10-11H,9H2,1-7H3. The van der Waals surface area contributed by atoms with Gasteiger partial charge in [-0.05, 0) is 51.3 Å². The maximum atomic E-state index is 6.09. The Hall–Kier alpha value is -0.486. The highest BCUT2D eigenvalue weighted by Crippen LogP contribution is 2.27. The summed E-state index contributed by atoms with van der Waals surface area (Å²) in [6.07, 6.45) is 5.31. The molecular weight excluding hydrogens is 244 g/mol. The minimum atomic E-state index is -1.52. The van der Waals surface area contributed by atoms with E-state index in [1.54, 1.807) is 0 Å². The van der Waals surface area contributed by atoms with Crippen LogP contribution in [0.25, 0.3) is 0 Å². The molecule has 0 radical (unpaired) electrons. The number of rotatable bonds is 4.